The van der Waals surface area contributed by atoms with E-state index in [1.165, 1.54) is 4.31 Å². The van der Waals surface area contributed by atoms with Crippen molar-refractivity contribution in [2.45, 2.75) is 32.1 Å². The van der Waals surface area contributed by atoms with Crippen molar-refractivity contribution in [1.29, 1.82) is 0 Å². The van der Waals surface area contributed by atoms with Gasteiger partial charge in [-0.3, -0.25) is 14.6 Å². The maximum absolute atomic E-state index is 12.2. The van der Waals surface area contributed by atoms with Gasteiger partial charge in [0.2, 0.25) is 10.0 Å². The number of nitrogens with one attached hydrogen (secondary N) is 2. The highest BCUT2D eigenvalue weighted by Gasteiger charge is 2.23. The van der Waals surface area contributed by atoms with Gasteiger partial charge in [0, 0.05) is 37.7 Å². The van der Waals surface area contributed by atoms with E-state index in [4.69, 9.17) is 4.74 Å². The largest absolute Gasteiger partial charge is 0.380 e. The molecule has 2 N–H and O–H groups in total. The molecule has 0 saturated carbocycles. The summed E-state index contributed by atoms with van der Waals surface area (Å²) in [5.41, 5.74) is 0.302. The molecule has 2 aromatic rings. The first-order chi connectivity index (χ1) is 14.5. The van der Waals surface area contributed by atoms with Gasteiger partial charge in [-0.05, 0) is 25.0 Å². The molecule has 2 heterocycles. The van der Waals surface area contributed by atoms with E-state index in [-0.39, 0.29) is 5.75 Å². The highest BCUT2D eigenvalue weighted by atomic mass is 32.2. The zero-order valence-corrected chi connectivity index (χ0v) is 17.7. The van der Waals surface area contributed by atoms with Gasteiger partial charge in [-0.2, -0.15) is 4.31 Å². The number of unbranched alkanes of at least 4 members (excludes halogenated alkanes) is 4. The molecule has 0 bridgehead atoms. The van der Waals surface area contributed by atoms with Gasteiger partial charge >= 0.3 is 0 Å². The van der Waals surface area contributed by atoms with E-state index in [0.29, 0.717) is 56.3 Å². The topological polar surface area (TPSA) is 118 Å². The van der Waals surface area contributed by atoms with Gasteiger partial charge < -0.3 is 15.4 Å². The predicted octanol–water partition coefficient (Wildman–Crippen LogP) is 1.45. The quantitative estimate of drug-likeness (QED) is 0.379. The van der Waals surface area contributed by atoms with E-state index < -0.39 is 20.9 Å². The van der Waals surface area contributed by atoms with Crippen molar-refractivity contribution >= 4 is 27.1 Å². The number of hydrogen-bond donors (Lipinski definition) is 2. The Bertz CT molecular complexity index is 981. The average molecular weight is 437 g/mol. The van der Waals surface area contributed by atoms with Crippen LogP contribution in [0.15, 0.2) is 34.1 Å². The van der Waals surface area contributed by atoms with Crippen molar-refractivity contribution < 1.29 is 13.2 Å². The summed E-state index contributed by atoms with van der Waals surface area (Å²) in [6.07, 6.45) is 7.38. The van der Waals surface area contributed by atoms with Crippen LogP contribution in [0.3, 0.4) is 0 Å². The van der Waals surface area contributed by atoms with E-state index in [0.717, 1.165) is 25.7 Å². The molecule has 0 aliphatic carbocycles. The minimum absolute atomic E-state index is 0.179. The lowest BCUT2D eigenvalue weighted by atomic mass is 10.1. The molecule has 0 radical (unpaired) electrons. The highest BCUT2D eigenvalue weighted by Crippen LogP contribution is 2.20. The molecule has 0 amide bonds. The van der Waals surface area contributed by atoms with Gasteiger partial charge in [-0.1, -0.05) is 19.3 Å². The Hall–Kier alpha value is -2.30. The second-order valence-electron chi connectivity index (χ2n) is 7.29. The first-order valence-electron chi connectivity index (χ1n) is 10.3. The zero-order chi connectivity index (χ0) is 21.4. The van der Waals surface area contributed by atoms with Crippen LogP contribution in [0.4, 0.5) is 17.1 Å². The standard InChI is InChI=1S/C20H28N4O5S/c25-19-17(18(20(19)26)23-16-6-9-21-10-7-16)22-8-4-2-1-3-5-15-30(27,28)24-11-13-29-14-12-24/h6-7,9-10,22H,1-5,8,11-15H2,(H,21,23). The second-order valence-corrected chi connectivity index (χ2v) is 9.38. The van der Waals surface area contributed by atoms with Crippen LogP contribution >= 0.6 is 0 Å². The third-order valence-electron chi connectivity index (χ3n) is 5.10. The Morgan fingerprint density at radius 1 is 0.933 bits per heavy atom. The van der Waals surface area contributed by atoms with Gasteiger partial charge in [0.25, 0.3) is 10.9 Å². The lowest BCUT2D eigenvalue weighted by molar-refractivity contribution is 0.0730. The van der Waals surface area contributed by atoms with Gasteiger partial charge in [-0.25, -0.2) is 8.42 Å². The third-order valence-corrected chi connectivity index (χ3v) is 7.06. The Balaban J connectivity index is 1.31. The van der Waals surface area contributed by atoms with Crippen LogP contribution in [-0.4, -0.2) is 56.3 Å². The number of hydrogen-bond acceptors (Lipinski definition) is 8. The maximum Gasteiger partial charge on any atom is 0.253 e. The molecule has 1 aromatic heterocycles. The number of anilines is 3. The normalized spacial score (nSPS) is 15.3. The molecule has 1 fully saturated rings. The number of sulfonamides is 1. The fourth-order valence-electron chi connectivity index (χ4n) is 3.37. The number of ether oxygens (including phenoxy) is 1. The summed E-state index contributed by atoms with van der Waals surface area (Å²) in [5.74, 6) is 0.179. The monoisotopic (exact) mass is 436 g/mol. The van der Waals surface area contributed by atoms with E-state index in [1.807, 2.05) is 0 Å². The molecular formula is C20H28N4O5S. The molecule has 10 heteroatoms. The molecule has 0 spiro atoms. The van der Waals surface area contributed by atoms with Crippen molar-refractivity contribution in [2.75, 3.05) is 49.2 Å². The molecule has 1 aromatic carbocycles. The van der Waals surface area contributed by atoms with E-state index in [2.05, 4.69) is 15.6 Å². The minimum atomic E-state index is -3.18. The fourth-order valence-corrected chi connectivity index (χ4v) is 4.90. The summed E-state index contributed by atoms with van der Waals surface area (Å²) in [7, 11) is -3.18. The zero-order valence-electron chi connectivity index (χ0n) is 16.9. The number of rotatable bonds is 12. The van der Waals surface area contributed by atoms with Crippen LogP contribution in [0.2, 0.25) is 0 Å². The lowest BCUT2D eigenvalue weighted by Gasteiger charge is -2.25. The van der Waals surface area contributed by atoms with Crippen LogP contribution in [0.25, 0.3) is 0 Å². The highest BCUT2D eigenvalue weighted by molar-refractivity contribution is 7.89. The second kappa shape index (κ2) is 10.6. The molecule has 30 heavy (non-hydrogen) atoms. The summed E-state index contributed by atoms with van der Waals surface area (Å²) < 4.78 is 31.2. The maximum atomic E-state index is 12.2. The van der Waals surface area contributed by atoms with Crippen LogP contribution in [0.5, 0.6) is 0 Å². The molecule has 1 saturated heterocycles. The van der Waals surface area contributed by atoms with Crippen molar-refractivity contribution in [3.63, 3.8) is 0 Å². The summed E-state index contributed by atoms with van der Waals surface area (Å²) in [5, 5.41) is 6.00. The predicted molar refractivity (Wildman–Crippen MR) is 117 cm³/mol. The lowest BCUT2D eigenvalue weighted by Crippen LogP contribution is -2.41. The van der Waals surface area contributed by atoms with E-state index in [1.54, 1.807) is 24.5 Å². The number of morpholine rings is 1. The molecule has 0 unspecified atom stereocenters. The van der Waals surface area contributed by atoms with Gasteiger partial charge in [0.1, 0.15) is 11.4 Å². The average Bonchev–Trinajstić information content (AvgIpc) is 2.78. The first kappa shape index (κ1) is 22.4. The molecule has 9 nitrogen and oxygen atoms in total. The number of pyridine rings is 1. The molecule has 0 atom stereocenters. The van der Waals surface area contributed by atoms with Crippen molar-refractivity contribution in [2.24, 2.45) is 0 Å². The van der Waals surface area contributed by atoms with Crippen LogP contribution < -0.4 is 21.5 Å². The number of nitrogens with zero attached hydrogens (tertiary/aromatic N) is 2. The molecule has 164 valence electrons. The molecular weight excluding hydrogens is 408 g/mol. The summed E-state index contributed by atoms with van der Waals surface area (Å²) in [4.78, 5) is 27.5. The van der Waals surface area contributed by atoms with E-state index in [9.17, 15) is 18.0 Å². The van der Waals surface area contributed by atoms with Gasteiger partial charge in [0.15, 0.2) is 0 Å². The van der Waals surface area contributed by atoms with Gasteiger partial charge in [-0.15, -0.1) is 0 Å². The SMILES string of the molecule is O=c1c(NCCCCCCCS(=O)(=O)N2CCOCC2)c(Nc2ccncc2)c1=O. The minimum Gasteiger partial charge on any atom is -0.380 e. The Morgan fingerprint density at radius 3 is 2.30 bits per heavy atom. The van der Waals surface area contributed by atoms with Gasteiger partial charge in [0.05, 0.1) is 19.0 Å². The Morgan fingerprint density at radius 2 is 1.57 bits per heavy atom. The Kier molecular flexibility index (Phi) is 7.94. The third kappa shape index (κ3) is 5.87. The van der Waals surface area contributed by atoms with Crippen molar-refractivity contribution in [3.8, 4) is 0 Å². The summed E-state index contributed by atoms with van der Waals surface area (Å²) in [6, 6.07) is 3.44. The molecule has 3 rings (SSSR count). The number of aromatic nitrogens is 1. The summed E-state index contributed by atoms with van der Waals surface area (Å²) in [6.45, 7) is 2.42. The smallest absolute Gasteiger partial charge is 0.253 e. The molecule has 1 aliphatic rings. The van der Waals surface area contributed by atoms with Crippen molar-refractivity contribution in [3.05, 3.63) is 45.0 Å². The van der Waals surface area contributed by atoms with E-state index >= 15 is 0 Å². The van der Waals surface area contributed by atoms with Crippen LogP contribution in [0, 0.1) is 0 Å². The fraction of sp³-hybridized carbons (Fsp3) is 0.550. The van der Waals surface area contributed by atoms with Crippen LogP contribution in [0.1, 0.15) is 32.1 Å². The van der Waals surface area contributed by atoms with Crippen LogP contribution in [-0.2, 0) is 14.8 Å². The summed E-state index contributed by atoms with van der Waals surface area (Å²) >= 11 is 0. The van der Waals surface area contributed by atoms with Crippen molar-refractivity contribution in [1.82, 2.24) is 9.29 Å². The molecule has 1 aliphatic heterocycles. The first-order valence-corrected chi connectivity index (χ1v) is 11.9. The Labute approximate surface area is 176 Å².